The van der Waals surface area contributed by atoms with E-state index >= 15 is 0 Å². The largest absolute Gasteiger partial charge is 0.330 e. The number of nitrogens with two attached hydrogens (primary N) is 1. The first kappa shape index (κ1) is 12.0. The summed E-state index contributed by atoms with van der Waals surface area (Å²) < 4.78 is 0. The Hall–Kier alpha value is -0.450. The van der Waals surface area contributed by atoms with Crippen LogP contribution in [0.2, 0.25) is 0 Å². The molecule has 4 heteroatoms. The number of aromatic nitrogens is 1. The lowest BCUT2D eigenvalue weighted by Crippen LogP contribution is -2.28. The molecule has 1 aromatic rings. The van der Waals surface area contributed by atoms with E-state index in [1.54, 1.807) is 0 Å². The van der Waals surface area contributed by atoms with Gasteiger partial charge in [0, 0.05) is 11.8 Å². The van der Waals surface area contributed by atoms with Crippen molar-refractivity contribution in [1.29, 1.82) is 0 Å². The fourth-order valence-electron chi connectivity index (χ4n) is 2.17. The molecular formula is C12H21N3S. The Bertz CT molecular complexity index is 305. The van der Waals surface area contributed by atoms with E-state index in [4.69, 9.17) is 5.73 Å². The number of rotatable bonds is 5. The van der Waals surface area contributed by atoms with Crippen molar-refractivity contribution < 1.29 is 0 Å². The van der Waals surface area contributed by atoms with Crippen LogP contribution < -0.4 is 11.1 Å². The van der Waals surface area contributed by atoms with Crippen LogP contribution in [-0.4, -0.2) is 24.6 Å². The van der Waals surface area contributed by atoms with Crippen molar-refractivity contribution in [3.05, 3.63) is 16.1 Å². The van der Waals surface area contributed by atoms with Crippen molar-refractivity contribution in [2.75, 3.05) is 19.6 Å². The molecule has 3 N–H and O–H groups in total. The molecule has 2 heterocycles. The molecule has 1 aliphatic rings. The van der Waals surface area contributed by atoms with Gasteiger partial charge in [-0.05, 0) is 51.2 Å². The standard InChI is InChI=1S/C12H21N3S/c13-5-1-2-11-9-16-12(15-11)8-10-3-6-14-7-4-10/h9-10,14H,1-8,13H2. The Balaban J connectivity index is 1.81. The number of nitrogens with zero attached hydrogens (tertiary/aromatic N) is 1. The predicted molar refractivity (Wildman–Crippen MR) is 68.8 cm³/mol. The topological polar surface area (TPSA) is 50.9 Å². The van der Waals surface area contributed by atoms with Crippen LogP contribution >= 0.6 is 11.3 Å². The summed E-state index contributed by atoms with van der Waals surface area (Å²) in [5.74, 6) is 0.842. The maximum atomic E-state index is 5.50. The van der Waals surface area contributed by atoms with Crippen LogP contribution in [0.25, 0.3) is 0 Å². The minimum atomic E-state index is 0.765. The van der Waals surface area contributed by atoms with E-state index in [9.17, 15) is 0 Å². The van der Waals surface area contributed by atoms with Gasteiger partial charge >= 0.3 is 0 Å². The molecule has 90 valence electrons. The fraction of sp³-hybridized carbons (Fsp3) is 0.750. The first-order valence-corrected chi connectivity index (χ1v) is 7.10. The molecule has 1 saturated heterocycles. The van der Waals surface area contributed by atoms with E-state index in [0.29, 0.717) is 0 Å². The maximum absolute atomic E-state index is 5.50. The summed E-state index contributed by atoms with van der Waals surface area (Å²) in [6.07, 6.45) is 5.88. The number of aryl methyl sites for hydroxylation is 1. The Morgan fingerprint density at radius 1 is 1.44 bits per heavy atom. The normalized spacial score (nSPS) is 17.8. The lowest BCUT2D eigenvalue weighted by molar-refractivity contribution is 0.372. The second-order valence-electron chi connectivity index (χ2n) is 4.52. The first-order chi connectivity index (χ1) is 7.88. The maximum Gasteiger partial charge on any atom is 0.0931 e. The van der Waals surface area contributed by atoms with Gasteiger partial charge in [0.15, 0.2) is 0 Å². The molecule has 0 bridgehead atoms. The highest BCUT2D eigenvalue weighted by molar-refractivity contribution is 7.09. The molecule has 0 atom stereocenters. The van der Waals surface area contributed by atoms with Gasteiger partial charge < -0.3 is 11.1 Å². The quantitative estimate of drug-likeness (QED) is 0.820. The Kier molecular flexibility index (Phi) is 4.75. The van der Waals surface area contributed by atoms with E-state index in [1.165, 1.54) is 43.1 Å². The second-order valence-corrected chi connectivity index (χ2v) is 5.46. The van der Waals surface area contributed by atoms with Crippen LogP contribution in [0.1, 0.15) is 30.0 Å². The number of thiazole rings is 1. The lowest BCUT2D eigenvalue weighted by Gasteiger charge is -2.21. The average molecular weight is 239 g/mol. The van der Waals surface area contributed by atoms with Crippen molar-refractivity contribution in [2.45, 2.75) is 32.1 Å². The van der Waals surface area contributed by atoms with Gasteiger partial charge in [-0.15, -0.1) is 11.3 Å². The van der Waals surface area contributed by atoms with Gasteiger partial charge in [0.25, 0.3) is 0 Å². The summed E-state index contributed by atoms with van der Waals surface area (Å²) in [5, 5.41) is 6.92. The highest BCUT2D eigenvalue weighted by Crippen LogP contribution is 2.20. The van der Waals surface area contributed by atoms with Crippen molar-refractivity contribution >= 4 is 11.3 Å². The number of piperidine rings is 1. The molecule has 0 aliphatic carbocycles. The number of nitrogens with one attached hydrogen (secondary N) is 1. The van der Waals surface area contributed by atoms with Crippen molar-refractivity contribution in [2.24, 2.45) is 11.7 Å². The molecule has 16 heavy (non-hydrogen) atoms. The zero-order valence-corrected chi connectivity index (χ0v) is 10.6. The van der Waals surface area contributed by atoms with E-state index in [-0.39, 0.29) is 0 Å². The summed E-state index contributed by atoms with van der Waals surface area (Å²) in [5.41, 5.74) is 6.74. The van der Waals surface area contributed by atoms with Crippen LogP contribution in [-0.2, 0) is 12.8 Å². The second kappa shape index (κ2) is 6.33. The molecule has 3 nitrogen and oxygen atoms in total. The average Bonchev–Trinajstić information content (AvgIpc) is 2.75. The van der Waals surface area contributed by atoms with Gasteiger partial charge in [-0.25, -0.2) is 4.98 Å². The van der Waals surface area contributed by atoms with Gasteiger partial charge in [-0.2, -0.15) is 0 Å². The summed E-state index contributed by atoms with van der Waals surface area (Å²) in [6, 6.07) is 0. The van der Waals surface area contributed by atoms with Crippen LogP contribution in [0, 0.1) is 5.92 Å². The summed E-state index contributed by atoms with van der Waals surface area (Å²) >= 11 is 1.82. The van der Waals surface area contributed by atoms with Gasteiger partial charge in [-0.1, -0.05) is 0 Å². The Labute approximate surface area is 101 Å². The third-order valence-electron chi connectivity index (χ3n) is 3.16. The zero-order chi connectivity index (χ0) is 11.2. The van der Waals surface area contributed by atoms with Crippen molar-refractivity contribution in [3.8, 4) is 0 Å². The van der Waals surface area contributed by atoms with Gasteiger partial charge in [0.1, 0.15) is 0 Å². The minimum absolute atomic E-state index is 0.765. The lowest BCUT2D eigenvalue weighted by atomic mass is 9.95. The monoisotopic (exact) mass is 239 g/mol. The predicted octanol–water partition coefficient (Wildman–Crippen LogP) is 1.58. The molecule has 1 fully saturated rings. The molecule has 1 aliphatic heterocycles. The van der Waals surface area contributed by atoms with E-state index in [0.717, 1.165) is 25.3 Å². The van der Waals surface area contributed by atoms with Crippen LogP contribution in [0.4, 0.5) is 0 Å². The Morgan fingerprint density at radius 2 is 2.25 bits per heavy atom. The molecule has 0 aromatic carbocycles. The summed E-state index contributed by atoms with van der Waals surface area (Å²) in [6.45, 7) is 3.12. The van der Waals surface area contributed by atoms with Gasteiger partial charge in [0.05, 0.1) is 10.7 Å². The number of hydrogen-bond donors (Lipinski definition) is 2. The molecule has 0 saturated carbocycles. The third-order valence-corrected chi connectivity index (χ3v) is 4.08. The SMILES string of the molecule is NCCCc1csc(CC2CCNCC2)n1. The van der Waals surface area contributed by atoms with E-state index in [1.807, 2.05) is 11.3 Å². The van der Waals surface area contributed by atoms with Crippen LogP contribution in [0.15, 0.2) is 5.38 Å². The molecular weight excluding hydrogens is 218 g/mol. The minimum Gasteiger partial charge on any atom is -0.330 e. The van der Waals surface area contributed by atoms with Gasteiger partial charge in [0.2, 0.25) is 0 Å². The highest BCUT2D eigenvalue weighted by Gasteiger charge is 2.15. The molecule has 1 aromatic heterocycles. The molecule has 0 radical (unpaired) electrons. The molecule has 0 amide bonds. The Morgan fingerprint density at radius 3 is 3.00 bits per heavy atom. The van der Waals surface area contributed by atoms with Crippen LogP contribution in [0.3, 0.4) is 0 Å². The molecule has 0 spiro atoms. The smallest absolute Gasteiger partial charge is 0.0931 e. The van der Waals surface area contributed by atoms with E-state index in [2.05, 4.69) is 15.7 Å². The molecule has 2 rings (SSSR count). The van der Waals surface area contributed by atoms with Crippen molar-refractivity contribution in [3.63, 3.8) is 0 Å². The fourth-order valence-corrected chi connectivity index (χ4v) is 3.12. The van der Waals surface area contributed by atoms with Crippen LogP contribution in [0.5, 0.6) is 0 Å². The zero-order valence-electron chi connectivity index (χ0n) is 9.74. The molecule has 0 unspecified atom stereocenters. The third kappa shape index (κ3) is 3.54. The van der Waals surface area contributed by atoms with Crippen molar-refractivity contribution in [1.82, 2.24) is 10.3 Å². The number of hydrogen-bond acceptors (Lipinski definition) is 4. The van der Waals surface area contributed by atoms with Gasteiger partial charge in [-0.3, -0.25) is 0 Å². The summed E-state index contributed by atoms with van der Waals surface area (Å²) in [7, 11) is 0. The van der Waals surface area contributed by atoms with E-state index < -0.39 is 0 Å². The highest BCUT2D eigenvalue weighted by atomic mass is 32.1. The summed E-state index contributed by atoms with van der Waals surface area (Å²) in [4.78, 5) is 4.68. The first-order valence-electron chi connectivity index (χ1n) is 6.22.